The molecule has 22 heavy (non-hydrogen) atoms. The number of benzene rings is 1. The lowest BCUT2D eigenvalue weighted by atomic mass is 9.88. The number of carbonyl (C=O) groups excluding carboxylic acids is 1. The van der Waals surface area contributed by atoms with Crippen LogP contribution in [-0.2, 0) is 11.2 Å². The number of hydrogen-bond donors (Lipinski definition) is 1. The van der Waals surface area contributed by atoms with Gasteiger partial charge in [-0.25, -0.2) is 0 Å². The van der Waals surface area contributed by atoms with Crippen LogP contribution in [0.3, 0.4) is 0 Å². The van der Waals surface area contributed by atoms with Gasteiger partial charge in [0.25, 0.3) is 0 Å². The highest BCUT2D eigenvalue weighted by Crippen LogP contribution is 2.48. The average molecular weight is 300 g/mol. The molecule has 3 nitrogen and oxygen atoms in total. The van der Waals surface area contributed by atoms with Gasteiger partial charge in [-0.05, 0) is 57.2 Å². The Morgan fingerprint density at radius 3 is 2.59 bits per heavy atom. The van der Waals surface area contributed by atoms with Crippen molar-refractivity contribution in [3.05, 3.63) is 35.9 Å². The van der Waals surface area contributed by atoms with Gasteiger partial charge in [-0.2, -0.15) is 0 Å². The predicted octanol–water partition coefficient (Wildman–Crippen LogP) is 2.71. The Kier molecular flexibility index (Phi) is 4.82. The molecule has 4 atom stereocenters. The zero-order chi connectivity index (χ0) is 15.5. The first-order valence-electron chi connectivity index (χ1n) is 8.61. The van der Waals surface area contributed by atoms with E-state index in [1.807, 2.05) is 6.07 Å². The van der Waals surface area contributed by atoms with E-state index in [2.05, 4.69) is 48.6 Å². The van der Waals surface area contributed by atoms with E-state index in [1.54, 1.807) is 0 Å². The van der Waals surface area contributed by atoms with Gasteiger partial charge in [0.2, 0.25) is 5.91 Å². The number of fused-ring (bicyclic) bond motifs is 2. The minimum Gasteiger partial charge on any atom is -0.354 e. The van der Waals surface area contributed by atoms with E-state index in [1.165, 1.54) is 24.8 Å². The van der Waals surface area contributed by atoms with Gasteiger partial charge >= 0.3 is 0 Å². The van der Waals surface area contributed by atoms with Crippen LogP contribution in [0.5, 0.6) is 0 Å². The number of hydrogen-bond acceptors (Lipinski definition) is 2. The van der Waals surface area contributed by atoms with E-state index in [9.17, 15) is 4.79 Å². The molecular formula is C19H28N2O. The highest BCUT2D eigenvalue weighted by atomic mass is 16.1. The fourth-order valence-corrected chi connectivity index (χ4v) is 4.24. The van der Waals surface area contributed by atoms with Gasteiger partial charge in [-0.15, -0.1) is 0 Å². The van der Waals surface area contributed by atoms with E-state index in [0.717, 1.165) is 25.3 Å². The number of likely N-dealkylation sites (N-methyl/N-ethyl adjacent to an activating group) is 1. The second-order valence-electron chi connectivity index (χ2n) is 7.33. The van der Waals surface area contributed by atoms with Gasteiger partial charge in [-0.1, -0.05) is 36.8 Å². The van der Waals surface area contributed by atoms with Crippen molar-refractivity contribution in [1.82, 2.24) is 10.2 Å². The minimum atomic E-state index is 0.290. The second-order valence-corrected chi connectivity index (χ2v) is 7.33. The lowest BCUT2D eigenvalue weighted by Gasteiger charge is -2.27. The van der Waals surface area contributed by atoms with Gasteiger partial charge in [-0.3, -0.25) is 4.79 Å². The molecule has 0 spiro atoms. The molecule has 0 heterocycles. The first-order valence-corrected chi connectivity index (χ1v) is 8.61. The maximum atomic E-state index is 12.5. The minimum absolute atomic E-state index is 0.290. The van der Waals surface area contributed by atoms with Crippen molar-refractivity contribution < 1.29 is 4.79 Å². The highest BCUT2D eigenvalue weighted by molar-refractivity contribution is 5.79. The zero-order valence-corrected chi connectivity index (χ0v) is 13.8. The van der Waals surface area contributed by atoms with Crippen LogP contribution in [-0.4, -0.2) is 37.5 Å². The molecule has 0 radical (unpaired) electrons. The quantitative estimate of drug-likeness (QED) is 0.876. The molecule has 1 amide bonds. The van der Waals surface area contributed by atoms with Gasteiger partial charge in [0, 0.05) is 18.5 Å². The topological polar surface area (TPSA) is 32.3 Å². The fourth-order valence-electron chi connectivity index (χ4n) is 4.24. The average Bonchev–Trinajstić information content (AvgIpc) is 3.14. The number of carbonyl (C=O) groups is 1. The summed E-state index contributed by atoms with van der Waals surface area (Å²) < 4.78 is 0. The van der Waals surface area contributed by atoms with Crippen molar-refractivity contribution in [3.63, 3.8) is 0 Å². The molecule has 2 fully saturated rings. The Balaban J connectivity index is 1.52. The normalized spacial score (nSPS) is 28.0. The molecule has 2 aliphatic carbocycles. The Bertz CT molecular complexity index is 499. The lowest BCUT2D eigenvalue weighted by molar-refractivity contribution is -0.126. The Labute approximate surface area is 134 Å². The third-order valence-corrected chi connectivity index (χ3v) is 5.63. The summed E-state index contributed by atoms with van der Waals surface area (Å²) in [4.78, 5) is 14.7. The molecule has 4 unspecified atom stereocenters. The molecule has 1 aromatic rings. The monoisotopic (exact) mass is 300 g/mol. The number of amides is 1. The molecule has 2 bridgehead atoms. The maximum Gasteiger partial charge on any atom is 0.223 e. The summed E-state index contributed by atoms with van der Waals surface area (Å²) in [7, 11) is 4.19. The van der Waals surface area contributed by atoms with Crippen LogP contribution in [0, 0.1) is 17.8 Å². The molecule has 120 valence electrons. The predicted molar refractivity (Wildman–Crippen MR) is 89.6 cm³/mol. The van der Waals surface area contributed by atoms with Crippen molar-refractivity contribution in [2.24, 2.45) is 17.8 Å². The molecule has 0 aliphatic heterocycles. The van der Waals surface area contributed by atoms with E-state index in [0.29, 0.717) is 23.8 Å². The largest absolute Gasteiger partial charge is 0.354 e. The van der Waals surface area contributed by atoms with Crippen molar-refractivity contribution >= 4 is 5.91 Å². The van der Waals surface area contributed by atoms with Crippen LogP contribution in [0.4, 0.5) is 0 Å². The van der Waals surface area contributed by atoms with Crippen LogP contribution in [0.15, 0.2) is 30.3 Å². The lowest BCUT2D eigenvalue weighted by Crippen LogP contribution is -2.44. The molecule has 1 N–H and O–H groups in total. The summed E-state index contributed by atoms with van der Waals surface area (Å²) >= 11 is 0. The standard InChI is InChI=1S/C19H28N2O/c1-21(2)17(11-14-6-4-3-5-7-14)13-20-19(22)18-12-15-8-9-16(18)10-15/h3-7,15-18H,8-13H2,1-2H3,(H,20,22). The number of nitrogens with zero attached hydrogens (tertiary/aromatic N) is 1. The Morgan fingerprint density at radius 1 is 1.23 bits per heavy atom. The maximum absolute atomic E-state index is 12.5. The molecule has 0 saturated heterocycles. The third kappa shape index (κ3) is 3.52. The van der Waals surface area contributed by atoms with E-state index >= 15 is 0 Å². The van der Waals surface area contributed by atoms with Crippen molar-refractivity contribution in [2.45, 2.75) is 38.1 Å². The number of rotatable bonds is 6. The van der Waals surface area contributed by atoms with E-state index < -0.39 is 0 Å². The molecular weight excluding hydrogens is 272 g/mol. The van der Waals surface area contributed by atoms with Gasteiger partial charge in [0.1, 0.15) is 0 Å². The summed E-state index contributed by atoms with van der Waals surface area (Å²) in [6, 6.07) is 10.9. The van der Waals surface area contributed by atoms with Crippen molar-refractivity contribution in [3.8, 4) is 0 Å². The van der Waals surface area contributed by atoms with E-state index in [-0.39, 0.29) is 0 Å². The molecule has 0 aromatic heterocycles. The smallest absolute Gasteiger partial charge is 0.223 e. The third-order valence-electron chi connectivity index (χ3n) is 5.63. The molecule has 2 aliphatic rings. The number of nitrogens with one attached hydrogen (secondary N) is 1. The second kappa shape index (κ2) is 6.82. The molecule has 2 saturated carbocycles. The Hall–Kier alpha value is -1.35. The van der Waals surface area contributed by atoms with Crippen molar-refractivity contribution in [1.29, 1.82) is 0 Å². The fraction of sp³-hybridized carbons (Fsp3) is 0.632. The Morgan fingerprint density at radius 2 is 2.00 bits per heavy atom. The van der Waals surface area contributed by atoms with Crippen LogP contribution in [0.25, 0.3) is 0 Å². The first kappa shape index (κ1) is 15.5. The zero-order valence-electron chi connectivity index (χ0n) is 13.8. The van der Waals surface area contributed by atoms with Crippen LogP contribution >= 0.6 is 0 Å². The SMILES string of the molecule is CN(C)C(CNC(=O)C1CC2CCC1C2)Cc1ccccc1. The molecule has 3 heteroatoms. The summed E-state index contributed by atoms with van der Waals surface area (Å²) in [5.74, 6) is 2.08. The first-order chi connectivity index (χ1) is 10.6. The van der Waals surface area contributed by atoms with Crippen LogP contribution < -0.4 is 5.32 Å². The van der Waals surface area contributed by atoms with Crippen LogP contribution in [0.2, 0.25) is 0 Å². The summed E-state index contributed by atoms with van der Waals surface area (Å²) in [5.41, 5.74) is 1.33. The van der Waals surface area contributed by atoms with Gasteiger partial charge < -0.3 is 10.2 Å². The van der Waals surface area contributed by atoms with E-state index in [4.69, 9.17) is 0 Å². The van der Waals surface area contributed by atoms with Gasteiger partial charge in [0.05, 0.1) is 0 Å². The van der Waals surface area contributed by atoms with Gasteiger partial charge in [0.15, 0.2) is 0 Å². The molecule has 1 aromatic carbocycles. The molecule has 3 rings (SSSR count). The summed E-state index contributed by atoms with van der Waals surface area (Å²) in [6.45, 7) is 0.745. The summed E-state index contributed by atoms with van der Waals surface area (Å²) in [5, 5.41) is 3.23. The van der Waals surface area contributed by atoms with Crippen molar-refractivity contribution in [2.75, 3.05) is 20.6 Å². The highest BCUT2D eigenvalue weighted by Gasteiger charge is 2.42. The summed E-state index contributed by atoms with van der Waals surface area (Å²) in [6.07, 6.45) is 6.01. The van der Waals surface area contributed by atoms with Crippen LogP contribution in [0.1, 0.15) is 31.2 Å².